The number of aromatic nitrogens is 1. The van der Waals surface area contributed by atoms with Crippen LogP contribution in [0.2, 0.25) is 0 Å². The first-order valence-corrected chi connectivity index (χ1v) is 4.59. The fourth-order valence-electron chi connectivity index (χ4n) is 1.00. The summed E-state index contributed by atoms with van der Waals surface area (Å²) < 4.78 is 0.771. The number of pyridine rings is 1. The van der Waals surface area contributed by atoms with Gasteiger partial charge in [0.25, 0.3) is 0 Å². The van der Waals surface area contributed by atoms with Crippen LogP contribution in [0.25, 0.3) is 0 Å². The van der Waals surface area contributed by atoms with Crippen LogP contribution in [0, 0.1) is 6.92 Å². The number of Topliss-reactive ketones (excluding diaryl/α,β-unsaturated/α-hetero) is 1. The van der Waals surface area contributed by atoms with Crippen LogP contribution in [-0.4, -0.2) is 10.8 Å². The van der Waals surface area contributed by atoms with Crippen LogP contribution >= 0.6 is 15.9 Å². The molecular weight excluding hydrogens is 218 g/mol. The monoisotopic (exact) mass is 227 g/mol. The molecule has 0 saturated carbocycles. The number of halogens is 1. The summed E-state index contributed by atoms with van der Waals surface area (Å²) in [6.07, 6.45) is 2.15. The molecule has 0 saturated heterocycles. The molecular formula is C9H10BrNO. The number of rotatable bonds is 2. The number of ketones is 1. The van der Waals surface area contributed by atoms with E-state index in [9.17, 15) is 4.79 Å². The van der Waals surface area contributed by atoms with Gasteiger partial charge in [0.1, 0.15) is 4.60 Å². The van der Waals surface area contributed by atoms with Gasteiger partial charge in [-0.3, -0.25) is 4.79 Å². The molecule has 1 aromatic heterocycles. The zero-order chi connectivity index (χ0) is 9.14. The quantitative estimate of drug-likeness (QED) is 0.575. The van der Waals surface area contributed by atoms with E-state index in [2.05, 4.69) is 20.9 Å². The average molecular weight is 228 g/mol. The van der Waals surface area contributed by atoms with Crippen LogP contribution in [-0.2, 0) is 0 Å². The Kier molecular flexibility index (Phi) is 2.98. The van der Waals surface area contributed by atoms with Gasteiger partial charge in [0.05, 0.1) is 0 Å². The molecule has 0 amide bonds. The number of nitrogens with zero attached hydrogens (tertiary/aromatic N) is 1. The summed E-state index contributed by atoms with van der Waals surface area (Å²) in [5, 5.41) is 0. The molecule has 64 valence electrons. The van der Waals surface area contributed by atoms with Crippen molar-refractivity contribution in [2.45, 2.75) is 20.3 Å². The predicted octanol–water partition coefficient (Wildman–Crippen LogP) is 2.75. The summed E-state index contributed by atoms with van der Waals surface area (Å²) in [7, 11) is 0. The summed E-state index contributed by atoms with van der Waals surface area (Å²) in [5.74, 6) is 0.146. The number of hydrogen-bond acceptors (Lipinski definition) is 2. The molecule has 0 spiro atoms. The number of carbonyl (C=O) groups is 1. The first-order chi connectivity index (χ1) is 5.65. The van der Waals surface area contributed by atoms with Crippen molar-refractivity contribution >= 4 is 21.7 Å². The third-order valence-corrected chi connectivity index (χ3v) is 2.13. The second-order valence-corrected chi connectivity index (χ2v) is 3.41. The topological polar surface area (TPSA) is 30.0 Å². The molecule has 0 aliphatic carbocycles. The van der Waals surface area contributed by atoms with E-state index in [0.29, 0.717) is 6.42 Å². The Morgan fingerprint density at radius 2 is 2.33 bits per heavy atom. The van der Waals surface area contributed by atoms with Crippen molar-refractivity contribution in [2.75, 3.05) is 0 Å². The van der Waals surface area contributed by atoms with Gasteiger partial charge in [-0.2, -0.15) is 0 Å². The van der Waals surface area contributed by atoms with E-state index < -0.39 is 0 Å². The number of hydrogen-bond donors (Lipinski definition) is 0. The molecule has 0 atom stereocenters. The fourth-order valence-corrected chi connectivity index (χ4v) is 1.45. The molecule has 1 heterocycles. The van der Waals surface area contributed by atoms with Gasteiger partial charge in [-0.25, -0.2) is 4.98 Å². The van der Waals surface area contributed by atoms with Crippen molar-refractivity contribution < 1.29 is 4.79 Å². The van der Waals surface area contributed by atoms with E-state index in [1.165, 1.54) is 0 Å². The van der Waals surface area contributed by atoms with Crippen LogP contribution in [0.15, 0.2) is 16.9 Å². The van der Waals surface area contributed by atoms with Crippen LogP contribution in [0.1, 0.15) is 29.3 Å². The van der Waals surface area contributed by atoms with Gasteiger partial charge < -0.3 is 0 Å². The Hall–Kier alpha value is -0.700. The molecule has 2 nitrogen and oxygen atoms in total. The number of carbonyl (C=O) groups excluding carboxylic acids is 1. The lowest BCUT2D eigenvalue weighted by atomic mass is 10.1. The van der Waals surface area contributed by atoms with Crippen molar-refractivity contribution in [1.82, 2.24) is 4.98 Å². The standard InChI is InChI=1S/C9H10BrNO/c1-3-8(12)7-5-11-9(10)4-6(7)2/h4-5H,3H2,1-2H3. The van der Waals surface area contributed by atoms with E-state index in [1.54, 1.807) is 6.20 Å². The Bertz CT molecular complexity index is 309. The van der Waals surface area contributed by atoms with Crippen molar-refractivity contribution in [1.29, 1.82) is 0 Å². The number of aryl methyl sites for hydroxylation is 1. The zero-order valence-corrected chi connectivity index (χ0v) is 8.68. The highest BCUT2D eigenvalue weighted by atomic mass is 79.9. The largest absolute Gasteiger partial charge is 0.294 e. The van der Waals surface area contributed by atoms with E-state index >= 15 is 0 Å². The second kappa shape index (κ2) is 3.81. The molecule has 1 rings (SSSR count). The second-order valence-electron chi connectivity index (χ2n) is 2.60. The minimum Gasteiger partial charge on any atom is -0.294 e. The van der Waals surface area contributed by atoms with E-state index in [0.717, 1.165) is 15.7 Å². The summed E-state index contributed by atoms with van der Waals surface area (Å²) >= 11 is 3.24. The van der Waals surface area contributed by atoms with Crippen molar-refractivity contribution in [3.63, 3.8) is 0 Å². The molecule has 0 N–H and O–H groups in total. The fraction of sp³-hybridized carbons (Fsp3) is 0.333. The summed E-state index contributed by atoms with van der Waals surface area (Å²) in [6, 6.07) is 1.85. The third-order valence-electron chi connectivity index (χ3n) is 1.70. The molecule has 0 bridgehead atoms. The maximum Gasteiger partial charge on any atom is 0.164 e. The maximum atomic E-state index is 11.3. The highest BCUT2D eigenvalue weighted by Gasteiger charge is 2.06. The SMILES string of the molecule is CCC(=O)c1cnc(Br)cc1C. The van der Waals surface area contributed by atoms with Gasteiger partial charge in [0.2, 0.25) is 0 Å². The van der Waals surface area contributed by atoms with Crippen LogP contribution < -0.4 is 0 Å². The smallest absolute Gasteiger partial charge is 0.164 e. The third kappa shape index (κ3) is 1.91. The van der Waals surface area contributed by atoms with E-state index in [-0.39, 0.29) is 5.78 Å². The van der Waals surface area contributed by atoms with Gasteiger partial charge in [-0.1, -0.05) is 6.92 Å². The molecule has 0 unspecified atom stereocenters. The zero-order valence-electron chi connectivity index (χ0n) is 7.10. The highest BCUT2D eigenvalue weighted by molar-refractivity contribution is 9.10. The van der Waals surface area contributed by atoms with Gasteiger partial charge in [-0.15, -0.1) is 0 Å². The lowest BCUT2D eigenvalue weighted by Gasteiger charge is -2.01. The summed E-state index contributed by atoms with van der Waals surface area (Å²) in [6.45, 7) is 3.76. The molecule has 0 aromatic carbocycles. The summed E-state index contributed by atoms with van der Waals surface area (Å²) in [5.41, 5.74) is 1.70. The van der Waals surface area contributed by atoms with Gasteiger partial charge in [0.15, 0.2) is 5.78 Å². The van der Waals surface area contributed by atoms with Crippen LogP contribution in [0.3, 0.4) is 0 Å². The predicted molar refractivity (Wildman–Crippen MR) is 51.3 cm³/mol. The Morgan fingerprint density at radius 3 is 2.83 bits per heavy atom. The van der Waals surface area contributed by atoms with Crippen molar-refractivity contribution in [3.05, 3.63) is 28.0 Å². The molecule has 0 radical (unpaired) electrons. The minimum absolute atomic E-state index is 0.146. The molecule has 0 aliphatic heterocycles. The van der Waals surface area contributed by atoms with E-state index in [4.69, 9.17) is 0 Å². The van der Waals surface area contributed by atoms with Crippen molar-refractivity contribution in [3.8, 4) is 0 Å². The normalized spacial score (nSPS) is 9.92. The van der Waals surface area contributed by atoms with Crippen LogP contribution in [0.5, 0.6) is 0 Å². The van der Waals surface area contributed by atoms with Crippen molar-refractivity contribution in [2.24, 2.45) is 0 Å². The maximum absolute atomic E-state index is 11.3. The van der Waals surface area contributed by atoms with Crippen LogP contribution in [0.4, 0.5) is 0 Å². The first kappa shape index (κ1) is 9.39. The van der Waals surface area contributed by atoms with E-state index in [1.807, 2.05) is 19.9 Å². The summed E-state index contributed by atoms with van der Waals surface area (Å²) in [4.78, 5) is 15.3. The van der Waals surface area contributed by atoms with Gasteiger partial charge >= 0.3 is 0 Å². The molecule has 0 fully saturated rings. The molecule has 0 aliphatic rings. The minimum atomic E-state index is 0.146. The Labute approximate surface area is 80.1 Å². The molecule has 12 heavy (non-hydrogen) atoms. The lowest BCUT2D eigenvalue weighted by molar-refractivity contribution is 0.0987. The highest BCUT2D eigenvalue weighted by Crippen LogP contribution is 2.13. The van der Waals surface area contributed by atoms with Gasteiger partial charge in [0, 0.05) is 18.2 Å². The molecule has 3 heteroatoms. The Morgan fingerprint density at radius 1 is 1.67 bits per heavy atom. The Balaban J connectivity index is 3.09. The first-order valence-electron chi connectivity index (χ1n) is 3.80. The lowest BCUT2D eigenvalue weighted by Crippen LogP contribution is -2.00. The van der Waals surface area contributed by atoms with Gasteiger partial charge in [-0.05, 0) is 34.5 Å². The average Bonchev–Trinajstić information content (AvgIpc) is 2.03. The molecule has 1 aromatic rings.